The minimum atomic E-state index is -0.955. The maximum atomic E-state index is 14.1. The molecule has 0 aliphatic carbocycles. The van der Waals surface area contributed by atoms with Crippen LogP contribution in [0.5, 0.6) is 5.75 Å². The van der Waals surface area contributed by atoms with Gasteiger partial charge in [0.15, 0.2) is 5.82 Å². The fourth-order valence-corrected chi connectivity index (χ4v) is 4.61. The van der Waals surface area contributed by atoms with Gasteiger partial charge in [0, 0.05) is 31.6 Å². The summed E-state index contributed by atoms with van der Waals surface area (Å²) in [5, 5.41) is 20.7. The second-order valence-electron chi connectivity index (χ2n) is 8.80. The highest BCUT2D eigenvalue weighted by Crippen LogP contribution is 2.34. The van der Waals surface area contributed by atoms with Crippen LogP contribution in [0.15, 0.2) is 72.8 Å². The fourth-order valence-electron chi connectivity index (χ4n) is 4.61. The SMILES string of the molecule is O=C(O)N(Cc1ccccc1)C[C@H]1CCN(c2nc(-c3ccccc3O)nc3ccc(F)cc23)C1. The minimum absolute atomic E-state index is 0.0669. The summed E-state index contributed by atoms with van der Waals surface area (Å²) in [5.41, 5.74) is 2.01. The molecule has 1 saturated heterocycles. The van der Waals surface area contributed by atoms with Gasteiger partial charge in [-0.2, -0.15) is 0 Å². The van der Waals surface area contributed by atoms with E-state index in [2.05, 4.69) is 9.88 Å². The van der Waals surface area contributed by atoms with Gasteiger partial charge in [-0.3, -0.25) is 0 Å². The van der Waals surface area contributed by atoms with E-state index in [4.69, 9.17) is 4.98 Å². The Hall–Kier alpha value is -4.20. The minimum Gasteiger partial charge on any atom is -0.507 e. The van der Waals surface area contributed by atoms with Crippen LogP contribution in [0.2, 0.25) is 0 Å². The molecule has 0 bridgehead atoms. The van der Waals surface area contributed by atoms with Gasteiger partial charge in [-0.25, -0.2) is 19.2 Å². The van der Waals surface area contributed by atoms with Crippen LogP contribution in [0, 0.1) is 11.7 Å². The first-order chi connectivity index (χ1) is 17.0. The summed E-state index contributed by atoms with van der Waals surface area (Å²) >= 11 is 0. The lowest BCUT2D eigenvalue weighted by molar-refractivity contribution is 0.135. The highest BCUT2D eigenvalue weighted by atomic mass is 19.1. The maximum Gasteiger partial charge on any atom is 0.407 e. The second-order valence-corrected chi connectivity index (χ2v) is 8.80. The number of rotatable bonds is 6. The predicted molar refractivity (Wildman–Crippen MR) is 132 cm³/mol. The monoisotopic (exact) mass is 472 g/mol. The summed E-state index contributed by atoms with van der Waals surface area (Å²) < 4.78 is 14.1. The second kappa shape index (κ2) is 9.58. The Morgan fingerprint density at radius 1 is 1.06 bits per heavy atom. The molecule has 1 aromatic heterocycles. The quantitative estimate of drug-likeness (QED) is 0.404. The summed E-state index contributed by atoms with van der Waals surface area (Å²) in [6, 6.07) is 20.8. The molecule has 35 heavy (non-hydrogen) atoms. The lowest BCUT2D eigenvalue weighted by Crippen LogP contribution is -2.35. The van der Waals surface area contributed by atoms with Crippen molar-refractivity contribution in [2.75, 3.05) is 24.5 Å². The fraction of sp³-hybridized carbons (Fsp3) is 0.222. The number of nitrogens with zero attached hydrogens (tertiary/aromatic N) is 4. The van der Waals surface area contributed by atoms with Gasteiger partial charge in [-0.05, 0) is 48.2 Å². The summed E-state index contributed by atoms with van der Waals surface area (Å²) in [6.45, 7) is 1.96. The van der Waals surface area contributed by atoms with Crippen molar-refractivity contribution in [2.45, 2.75) is 13.0 Å². The Kier molecular flexibility index (Phi) is 6.18. The van der Waals surface area contributed by atoms with E-state index < -0.39 is 6.09 Å². The molecule has 8 heteroatoms. The van der Waals surface area contributed by atoms with Gasteiger partial charge in [0.25, 0.3) is 0 Å². The Labute approximate surface area is 202 Å². The molecule has 1 atom stereocenters. The molecule has 2 heterocycles. The van der Waals surface area contributed by atoms with E-state index in [1.807, 2.05) is 30.3 Å². The van der Waals surface area contributed by atoms with E-state index in [1.165, 1.54) is 17.0 Å². The summed E-state index contributed by atoms with van der Waals surface area (Å²) in [4.78, 5) is 24.7. The van der Waals surface area contributed by atoms with Crippen LogP contribution in [0.1, 0.15) is 12.0 Å². The first kappa shape index (κ1) is 22.6. The lowest BCUT2D eigenvalue weighted by Gasteiger charge is -2.24. The van der Waals surface area contributed by atoms with Crippen molar-refractivity contribution in [1.82, 2.24) is 14.9 Å². The van der Waals surface area contributed by atoms with Gasteiger partial charge in [-0.1, -0.05) is 42.5 Å². The van der Waals surface area contributed by atoms with Crippen molar-refractivity contribution < 1.29 is 19.4 Å². The van der Waals surface area contributed by atoms with Gasteiger partial charge in [0.05, 0.1) is 11.1 Å². The van der Waals surface area contributed by atoms with E-state index >= 15 is 0 Å². The van der Waals surface area contributed by atoms with E-state index in [0.29, 0.717) is 54.3 Å². The molecule has 0 unspecified atom stereocenters. The summed E-state index contributed by atoms with van der Waals surface area (Å²) in [6.07, 6.45) is -0.172. The van der Waals surface area contributed by atoms with Crippen LogP contribution in [-0.2, 0) is 6.54 Å². The summed E-state index contributed by atoms with van der Waals surface area (Å²) in [5.74, 6) is 0.726. The van der Waals surface area contributed by atoms with Gasteiger partial charge in [-0.15, -0.1) is 0 Å². The molecule has 2 N–H and O–H groups in total. The highest BCUT2D eigenvalue weighted by molar-refractivity contribution is 5.91. The number of phenolic OH excluding ortho intramolecular Hbond substituents is 1. The molecule has 4 aromatic rings. The number of halogens is 1. The number of hydrogen-bond acceptors (Lipinski definition) is 5. The molecule has 1 fully saturated rings. The number of hydrogen-bond donors (Lipinski definition) is 2. The van der Waals surface area contributed by atoms with Crippen molar-refractivity contribution in [1.29, 1.82) is 0 Å². The first-order valence-electron chi connectivity index (χ1n) is 11.5. The molecule has 0 saturated carbocycles. The smallest absolute Gasteiger partial charge is 0.407 e. The number of aromatic hydroxyl groups is 1. The number of para-hydroxylation sites is 1. The number of anilines is 1. The molecule has 5 rings (SSSR count). The molecule has 7 nitrogen and oxygen atoms in total. The maximum absolute atomic E-state index is 14.1. The van der Waals surface area contributed by atoms with Crippen LogP contribution in [0.3, 0.4) is 0 Å². The Morgan fingerprint density at radius 3 is 2.60 bits per heavy atom. The number of amides is 1. The Bertz CT molecular complexity index is 1370. The molecule has 178 valence electrons. The number of benzene rings is 3. The average Bonchev–Trinajstić information content (AvgIpc) is 3.32. The number of aromatic nitrogens is 2. The molecule has 3 aromatic carbocycles. The number of fused-ring (bicyclic) bond motifs is 1. The van der Waals surface area contributed by atoms with Crippen molar-refractivity contribution in [3.8, 4) is 17.1 Å². The van der Waals surface area contributed by atoms with E-state index in [9.17, 15) is 19.4 Å². The van der Waals surface area contributed by atoms with Gasteiger partial charge < -0.3 is 20.0 Å². The van der Waals surface area contributed by atoms with Gasteiger partial charge in [0.1, 0.15) is 17.4 Å². The van der Waals surface area contributed by atoms with Crippen molar-refractivity contribution >= 4 is 22.8 Å². The molecule has 0 radical (unpaired) electrons. The van der Waals surface area contributed by atoms with Gasteiger partial charge >= 0.3 is 6.09 Å². The van der Waals surface area contributed by atoms with Crippen LogP contribution in [0.4, 0.5) is 15.0 Å². The average molecular weight is 473 g/mol. The van der Waals surface area contributed by atoms with E-state index in [1.54, 1.807) is 30.3 Å². The molecular weight excluding hydrogens is 447 g/mol. The van der Waals surface area contributed by atoms with E-state index in [0.717, 1.165) is 12.0 Å². The number of phenols is 1. The molecule has 1 amide bonds. The van der Waals surface area contributed by atoms with Crippen molar-refractivity contribution in [3.63, 3.8) is 0 Å². The third-order valence-corrected chi connectivity index (χ3v) is 6.33. The van der Waals surface area contributed by atoms with Crippen LogP contribution in [0.25, 0.3) is 22.3 Å². The molecular formula is C27H25FN4O3. The van der Waals surface area contributed by atoms with Crippen molar-refractivity contribution in [3.05, 3.63) is 84.2 Å². The largest absolute Gasteiger partial charge is 0.507 e. The first-order valence-corrected chi connectivity index (χ1v) is 11.5. The number of carboxylic acid groups (broad SMARTS) is 1. The zero-order valence-corrected chi connectivity index (χ0v) is 19.0. The third-order valence-electron chi connectivity index (χ3n) is 6.33. The summed E-state index contributed by atoms with van der Waals surface area (Å²) in [7, 11) is 0. The van der Waals surface area contributed by atoms with Gasteiger partial charge in [0.2, 0.25) is 0 Å². The Morgan fingerprint density at radius 2 is 1.83 bits per heavy atom. The number of carbonyl (C=O) groups is 1. The molecule has 1 aliphatic rings. The molecule has 1 aliphatic heterocycles. The van der Waals surface area contributed by atoms with Crippen LogP contribution in [-0.4, -0.2) is 50.8 Å². The van der Waals surface area contributed by atoms with Crippen LogP contribution >= 0.6 is 0 Å². The standard InChI is InChI=1S/C27H25FN4O3/c28-20-10-11-23-22(14-20)26(30-25(29-23)21-8-4-5-9-24(21)33)31-13-12-19(16-31)17-32(27(34)35)15-18-6-2-1-3-7-18/h1-11,14,19,33H,12-13,15-17H2,(H,34,35)/t19-/m0/s1. The third kappa shape index (κ3) is 4.87. The zero-order valence-electron chi connectivity index (χ0n) is 19.0. The topological polar surface area (TPSA) is 89.8 Å². The van der Waals surface area contributed by atoms with E-state index in [-0.39, 0.29) is 17.5 Å². The highest BCUT2D eigenvalue weighted by Gasteiger charge is 2.29. The lowest BCUT2D eigenvalue weighted by atomic mass is 10.1. The van der Waals surface area contributed by atoms with Crippen LogP contribution < -0.4 is 4.90 Å². The molecule has 0 spiro atoms. The normalized spacial score (nSPS) is 15.5. The predicted octanol–water partition coefficient (Wildman–Crippen LogP) is 5.15. The zero-order chi connectivity index (χ0) is 24.4. The Balaban J connectivity index is 1.43. The van der Waals surface area contributed by atoms with Crippen molar-refractivity contribution in [2.24, 2.45) is 5.92 Å².